The van der Waals surface area contributed by atoms with Crippen molar-refractivity contribution in [2.45, 2.75) is 39.0 Å². The summed E-state index contributed by atoms with van der Waals surface area (Å²) in [6, 6.07) is 1.79. The number of aromatic nitrogens is 2. The number of hydrogen-bond acceptors (Lipinski definition) is 6. The van der Waals surface area contributed by atoms with Gasteiger partial charge in [0.2, 0.25) is 0 Å². The first kappa shape index (κ1) is 14.0. The van der Waals surface area contributed by atoms with Crippen LogP contribution in [0.5, 0.6) is 0 Å². The van der Waals surface area contributed by atoms with Crippen LogP contribution in [0.25, 0.3) is 0 Å². The highest BCUT2D eigenvalue weighted by Crippen LogP contribution is 2.37. The fourth-order valence-corrected chi connectivity index (χ4v) is 2.61. The number of nitrogens with zero attached hydrogens (tertiary/aromatic N) is 2. The van der Waals surface area contributed by atoms with Crippen LogP contribution in [-0.2, 0) is 6.42 Å². The van der Waals surface area contributed by atoms with Crippen LogP contribution in [0.4, 0.5) is 11.6 Å². The minimum Gasteiger partial charge on any atom is -0.396 e. The molecule has 1 fully saturated rings. The van der Waals surface area contributed by atoms with Crippen LogP contribution in [0.2, 0.25) is 0 Å². The number of nitrogens with one attached hydrogen (secondary N) is 2. The first-order valence-corrected chi connectivity index (χ1v) is 6.91. The molecule has 1 aromatic rings. The molecule has 1 aromatic heterocycles. The van der Waals surface area contributed by atoms with Gasteiger partial charge < -0.3 is 15.8 Å². The van der Waals surface area contributed by atoms with Crippen molar-refractivity contribution in [2.24, 2.45) is 11.3 Å². The van der Waals surface area contributed by atoms with E-state index in [1.807, 2.05) is 6.92 Å². The lowest BCUT2D eigenvalue weighted by Gasteiger charge is -2.27. The number of aliphatic hydroxyl groups is 1. The van der Waals surface area contributed by atoms with E-state index in [4.69, 9.17) is 5.84 Å². The molecule has 0 amide bonds. The van der Waals surface area contributed by atoms with E-state index in [1.165, 1.54) is 12.8 Å². The number of anilines is 2. The van der Waals surface area contributed by atoms with Crippen molar-refractivity contribution in [1.29, 1.82) is 0 Å². The second-order valence-corrected chi connectivity index (χ2v) is 5.27. The third kappa shape index (κ3) is 3.33. The first-order chi connectivity index (χ1) is 9.21. The average molecular weight is 265 g/mol. The van der Waals surface area contributed by atoms with Crippen molar-refractivity contribution in [3.05, 3.63) is 11.9 Å². The summed E-state index contributed by atoms with van der Waals surface area (Å²) >= 11 is 0. The zero-order chi connectivity index (χ0) is 13.7. The van der Waals surface area contributed by atoms with Gasteiger partial charge in [0.05, 0.1) is 6.61 Å². The Morgan fingerprint density at radius 2 is 2.00 bits per heavy atom. The Kier molecular flexibility index (Phi) is 4.55. The highest BCUT2D eigenvalue weighted by atomic mass is 16.3. The van der Waals surface area contributed by atoms with Crippen molar-refractivity contribution >= 4 is 11.6 Å². The summed E-state index contributed by atoms with van der Waals surface area (Å²) in [5.41, 5.74) is 2.56. The van der Waals surface area contributed by atoms with Crippen molar-refractivity contribution in [3.63, 3.8) is 0 Å². The normalized spacial score (nSPS) is 17.4. The van der Waals surface area contributed by atoms with Gasteiger partial charge in [0.15, 0.2) is 0 Å². The average Bonchev–Trinajstić information content (AvgIpc) is 2.94. The van der Waals surface area contributed by atoms with Gasteiger partial charge in [-0.25, -0.2) is 15.8 Å². The fraction of sp³-hybridized carbons (Fsp3) is 0.692. The minimum atomic E-state index is 0.00757. The van der Waals surface area contributed by atoms with Crippen LogP contribution in [0, 0.1) is 5.41 Å². The molecule has 5 N–H and O–H groups in total. The Bertz CT molecular complexity index is 395. The molecule has 0 aromatic carbocycles. The van der Waals surface area contributed by atoms with E-state index < -0.39 is 0 Å². The zero-order valence-corrected chi connectivity index (χ0v) is 11.4. The Balaban J connectivity index is 2.06. The third-order valence-corrected chi connectivity index (χ3v) is 3.88. The van der Waals surface area contributed by atoms with Gasteiger partial charge in [-0.1, -0.05) is 19.8 Å². The predicted octanol–water partition coefficient (Wildman–Crippen LogP) is 1.29. The molecule has 0 saturated heterocycles. The van der Waals surface area contributed by atoms with Crippen LogP contribution < -0.4 is 16.6 Å². The lowest BCUT2D eigenvalue weighted by atomic mass is 9.87. The van der Waals surface area contributed by atoms with Gasteiger partial charge in [0.25, 0.3) is 0 Å². The van der Waals surface area contributed by atoms with E-state index in [0.717, 1.165) is 37.4 Å². The topological polar surface area (TPSA) is 96.1 Å². The molecule has 1 saturated carbocycles. The molecule has 0 aliphatic heterocycles. The van der Waals surface area contributed by atoms with Crippen molar-refractivity contribution in [2.75, 3.05) is 23.9 Å². The molecule has 1 aliphatic rings. The highest BCUT2D eigenvalue weighted by Gasteiger charge is 2.33. The van der Waals surface area contributed by atoms with Gasteiger partial charge in [-0.15, -0.1) is 0 Å². The number of aryl methyl sites for hydroxylation is 1. The predicted molar refractivity (Wildman–Crippen MR) is 75.7 cm³/mol. The Morgan fingerprint density at radius 1 is 1.32 bits per heavy atom. The summed E-state index contributed by atoms with van der Waals surface area (Å²) in [5.74, 6) is 7.53. The van der Waals surface area contributed by atoms with Gasteiger partial charge in [0, 0.05) is 24.4 Å². The van der Waals surface area contributed by atoms with Gasteiger partial charge in [0.1, 0.15) is 17.5 Å². The fourth-order valence-electron chi connectivity index (χ4n) is 2.61. The third-order valence-electron chi connectivity index (χ3n) is 3.88. The van der Waals surface area contributed by atoms with E-state index in [0.29, 0.717) is 5.82 Å². The maximum atomic E-state index is 9.59. The van der Waals surface area contributed by atoms with Crippen LogP contribution in [0.3, 0.4) is 0 Å². The lowest BCUT2D eigenvalue weighted by Crippen LogP contribution is -2.31. The molecular weight excluding hydrogens is 242 g/mol. The maximum Gasteiger partial charge on any atom is 0.145 e. The van der Waals surface area contributed by atoms with Gasteiger partial charge in [-0.3, -0.25) is 0 Å². The van der Waals surface area contributed by atoms with Gasteiger partial charge in [-0.05, 0) is 12.8 Å². The largest absolute Gasteiger partial charge is 0.396 e. The summed E-state index contributed by atoms with van der Waals surface area (Å²) in [5, 5.41) is 12.9. The van der Waals surface area contributed by atoms with E-state index >= 15 is 0 Å². The molecule has 2 rings (SSSR count). The minimum absolute atomic E-state index is 0.00757. The Morgan fingerprint density at radius 3 is 2.58 bits per heavy atom. The monoisotopic (exact) mass is 265 g/mol. The molecule has 6 heteroatoms. The number of hydrogen-bond donors (Lipinski definition) is 4. The van der Waals surface area contributed by atoms with Crippen molar-refractivity contribution in [1.82, 2.24) is 9.97 Å². The lowest BCUT2D eigenvalue weighted by molar-refractivity contribution is 0.142. The smallest absolute Gasteiger partial charge is 0.145 e. The summed E-state index contributed by atoms with van der Waals surface area (Å²) in [6.07, 6.45) is 5.30. The summed E-state index contributed by atoms with van der Waals surface area (Å²) in [4.78, 5) is 8.68. The molecule has 0 atom stereocenters. The van der Waals surface area contributed by atoms with Crippen LogP contribution in [0.1, 0.15) is 38.4 Å². The molecule has 6 nitrogen and oxygen atoms in total. The van der Waals surface area contributed by atoms with Crippen molar-refractivity contribution < 1.29 is 5.11 Å². The van der Waals surface area contributed by atoms with Crippen LogP contribution in [-0.4, -0.2) is 28.2 Å². The van der Waals surface area contributed by atoms with Gasteiger partial charge >= 0.3 is 0 Å². The molecule has 0 unspecified atom stereocenters. The van der Waals surface area contributed by atoms with E-state index in [2.05, 4.69) is 20.7 Å². The summed E-state index contributed by atoms with van der Waals surface area (Å²) in [7, 11) is 0. The quantitative estimate of drug-likeness (QED) is 0.457. The summed E-state index contributed by atoms with van der Waals surface area (Å²) < 4.78 is 0. The zero-order valence-electron chi connectivity index (χ0n) is 11.4. The molecular formula is C13H23N5O. The number of nitrogen functional groups attached to an aromatic ring is 1. The summed E-state index contributed by atoms with van der Waals surface area (Å²) in [6.45, 7) is 2.98. The first-order valence-electron chi connectivity index (χ1n) is 6.91. The Labute approximate surface area is 113 Å². The number of aliphatic hydroxyl groups excluding tert-OH is 1. The molecule has 1 heterocycles. The SMILES string of the molecule is CCc1nc(NN)cc(NCC2(CO)CCCC2)n1. The number of rotatable bonds is 6. The molecule has 106 valence electrons. The molecule has 19 heavy (non-hydrogen) atoms. The standard InChI is InChI=1S/C13H23N5O/c1-2-10-16-11(7-12(17-10)18-14)15-8-13(9-19)5-3-4-6-13/h7,19H,2-6,8-9,14H2,1H3,(H2,15,16,17,18). The molecule has 0 bridgehead atoms. The molecule has 1 aliphatic carbocycles. The number of nitrogens with two attached hydrogens (primary N) is 1. The van der Waals surface area contributed by atoms with E-state index in [1.54, 1.807) is 6.07 Å². The maximum absolute atomic E-state index is 9.59. The highest BCUT2D eigenvalue weighted by molar-refractivity contribution is 5.47. The van der Waals surface area contributed by atoms with Crippen molar-refractivity contribution in [3.8, 4) is 0 Å². The van der Waals surface area contributed by atoms with E-state index in [9.17, 15) is 5.11 Å². The van der Waals surface area contributed by atoms with Crippen LogP contribution >= 0.6 is 0 Å². The number of hydrazine groups is 1. The molecule has 0 radical (unpaired) electrons. The van der Waals surface area contributed by atoms with Gasteiger partial charge in [-0.2, -0.15) is 0 Å². The molecule has 0 spiro atoms. The van der Waals surface area contributed by atoms with Crippen LogP contribution in [0.15, 0.2) is 6.07 Å². The Hall–Kier alpha value is -1.40. The second-order valence-electron chi connectivity index (χ2n) is 5.27. The second kappa shape index (κ2) is 6.16. The van der Waals surface area contributed by atoms with E-state index in [-0.39, 0.29) is 12.0 Å².